The van der Waals surface area contributed by atoms with Crippen LogP contribution in [-0.4, -0.2) is 11.1 Å². The summed E-state index contributed by atoms with van der Waals surface area (Å²) in [5.74, 6) is -2.20. The first-order valence-electron chi connectivity index (χ1n) is 6.23. The van der Waals surface area contributed by atoms with E-state index in [1.807, 2.05) is 0 Å². The molecule has 0 aliphatic heterocycles. The van der Waals surface area contributed by atoms with Gasteiger partial charge in [-0.2, -0.15) is 0 Å². The summed E-state index contributed by atoms with van der Waals surface area (Å²) in [5, 5.41) is 6.40. The number of aromatic nitrogens is 1. The van der Waals surface area contributed by atoms with Gasteiger partial charge in [-0.25, -0.2) is 8.78 Å². The standard InChI is InChI=1S/C14H13ClF2N2O2/c1-7(9-3-4-11(16)12(17)5-9)18-13(20)6-10-8(2)19-21-14(10)15/h3-5,7H,6H2,1-2H3,(H,18,20). The minimum absolute atomic E-state index is 0.00217. The highest BCUT2D eigenvalue weighted by Crippen LogP contribution is 2.20. The van der Waals surface area contributed by atoms with Gasteiger partial charge in [0.25, 0.3) is 0 Å². The molecule has 112 valence electrons. The quantitative estimate of drug-likeness (QED) is 0.941. The molecule has 7 heteroatoms. The van der Waals surface area contributed by atoms with Crippen molar-refractivity contribution in [1.82, 2.24) is 10.5 Å². The Morgan fingerprint density at radius 3 is 2.71 bits per heavy atom. The average molecular weight is 315 g/mol. The van der Waals surface area contributed by atoms with E-state index in [1.165, 1.54) is 6.07 Å². The van der Waals surface area contributed by atoms with E-state index in [9.17, 15) is 13.6 Å². The number of hydrogen-bond acceptors (Lipinski definition) is 3. The summed E-state index contributed by atoms with van der Waals surface area (Å²) in [4.78, 5) is 11.9. The Kier molecular flexibility index (Phi) is 4.57. The predicted octanol–water partition coefficient (Wildman–Crippen LogP) is 3.33. The van der Waals surface area contributed by atoms with Crippen molar-refractivity contribution in [2.24, 2.45) is 0 Å². The molecule has 21 heavy (non-hydrogen) atoms. The molecule has 1 aromatic carbocycles. The molecule has 2 rings (SSSR count). The van der Waals surface area contributed by atoms with E-state index in [0.29, 0.717) is 16.8 Å². The molecule has 0 saturated carbocycles. The average Bonchev–Trinajstić information content (AvgIpc) is 2.73. The van der Waals surface area contributed by atoms with Crippen LogP contribution >= 0.6 is 11.6 Å². The fourth-order valence-corrected chi connectivity index (χ4v) is 2.11. The van der Waals surface area contributed by atoms with Crippen LogP contribution in [0.4, 0.5) is 8.78 Å². The lowest BCUT2D eigenvalue weighted by Crippen LogP contribution is -2.28. The van der Waals surface area contributed by atoms with Crippen molar-refractivity contribution >= 4 is 17.5 Å². The third-order valence-corrected chi connectivity index (χ3v) is 3.39. The summed E-state index contributed by atoms with van der Waals surface area (Å²) in [6.07, 6.45) is 0.00217. The minimum atomic E-state index is -0.952. The number of halogens is 3. The van der Waals surface area contributed by atoms with Gasteiger partial charge < -0.3 is 9.84 Å². The Hall–Kier alpha value is -1.95. The smallest absolute Gasteiger partial charge is 0.229 e. The van der Waals surface area contributed by atoms with Crippen molar-refractivity contribution in [3.8, 4) is 0 Å². The van der Waals surface area contributed by atoms with Crippen molar-refractivity contribution in [1.29, 1.82) is 0 Å². The lowest BCUT2D eigenvalue weighted by atomic mass is 10.1. The normalized spacial score (nSPS) is 12.2. The molecular weight excluding hydrogens is 302 g/mol. The molecule has 0 aliphatic rings. The van der Waals surface area contributed by atoms with E-state index in [4.69, 9.17) is 16.1 Å². The van der Waals surface area contributed by atoms with E-state index in [2.05, 4.69) is 10.5 Å². The predicted molar refractivity (Wildman–Crippen MR) is 72.9 cm³/mol. The van der Waals surface area contributed by atoms with Gasteiger partial charge in [0.2, 0.25) is 11.1 Å². The van der Waals surface area contributed by atoms with Gasteiger partial charge >= 0.3 is 0 Å². The SMILES string of the molecule is Cc1noc(Cl)c1CC(=O)NC(C)c1ccc(F)c(F)c1. The van der Waals surface area contributed by atoms with Gasteiger partial charge in [-0.3, -0.25) is 4.79 Å². The van der Waals surface area contributed by atoms with E-state index >= 15 is 0 Å². The van der Waals surface area contributed by atoms with Gasteiger partial charge in [0.05, 0.1) is 18.2 Å². The summed E-state index contributed by atoms with van der Waals surface area (Å²) < 4.78 is 30.8. The third-order valence-electron chi connectivity index (χ3n) is 3.10. The van der Waals surface area contributed by atoms with Crippen LogP contribution in [0.5, 0.6) is 0 Å². The highest BCUT2D eigenvalue weighted by atomic mass is 35.5. The third kappa shape index (κ3) is 3.58. The van der Waals surface area contributed by atoms with Crippen molar-refractivity contribution in [2.75, 3.05) is 0 Å². The van der Waals surface area contributed by atoms with E-state index in [0.717, 1.165) is 12.1 Å². The summed E-state index contributed by atoms with van der Waals surface area (Å²) in [7, 11) is 0. The van der Waals surface area contributed by atoms with Crippen LogP contribution < -0.4 is 5.32 Å². The van der Waals surface area contributed by atoms with Gasteiger partial charge in [-0.15, -0.1) is 0 Å². The summed E-state index contributed by atoms with van der Waals surface area (Å²) in [6, 6.07) is 3.03. The number of rotatable bonds is 4. The van der Waals surface area contributed by atoms with E-state index in [-0.39, 0.29) is 17.5 Å². The zero-order valence-corrected chi connectivity index (χ0v) is 12.2. The molecule has 1 N–H and O–H groups in total. The highest BCUT2D eigenvalue weighted by molar-refractivity contribution is 6.29. The second-order valence-electron chi connectivity index (χ2n) is 4.66. The Morgan fingerprint density at radius 1 is 1.43 bits per heavy atom. The van der Waals surface area contributed by atoms with Crippen LogP contribution in [0.2, 0.25) is 5.22 Å². The summed E-state index contributed by atoms with van der Waals surface area (Å²) in [5.41, 5.74) is 1.51. The fourth-order valence-electron chi connectivity index (χ4n) is 1.88. The van der Waals surface area contributed by atoms with Crippen LogP contribution in [0.3, 0.4) is 0 Å². The molecule has 0 fully saturated rings. The zero-order chi connectivity index (χ0) is 15.6. The minimum Gasteiger partial charge on any atom is -0.349 e. The molecule has 1 amide bonds. The molecule has 0 saturated heterocycles. The van der Waals surface area contributed by atoms with Crippen molar-refractivity contribution in [3.05, 3.63) is 51.9 Å². The van der Waals surface area contributed by atoms with Gasteiger partial charge in [0, 0.05) is 5.56 Å². The lowest BCUT2D eigenvalue weighted by molar-refractivity contribution is -0.121. The van der Waals surface area contributed by atoms with Gasteiger partial charge in [-0.1, -0.05) is 11.2 Å². The molecule has 4 nitrogen and oxygen atoms in total. The number of amides is 1. The molecular formula is C14H13ClF2N2O2. The van der Waals surface area contributed by atoms with Crippen molar-refractivity contribution < 1.29 is 18.1 Å². The number of aryl methyl sites for hydroxylation is 1. The maximum absolute atomic E-state index is 13.2. The fraction of sp³-hybridized carbons (Fsp3) is 0.286. The summed E-state index contributed by atoms with van der Waals surface area (Å²) in [6.45, 7) is 3.35. The Bertz CT molecular complexity index is 653. The Morgan fingerprint density at radius 2 is 2.14 bits per heavy atom. The molecule has 0 radical (unpaired) electrons. The number of benzene rings is 1. The Labute approximate surface area is 125 Å². The number of carbonyl (C=O) groups excluding carboxylic acids is 1. The lowest BCUT2D eigenvalue weighted by Gasteiger charge is -2.14. The summed E-state index contributed by atoms with van der Waals surface area (Å²) >= 11 is 5.78. The topological polar surface area (TPSA) is 55.1 Å². The first-order chi connectivity index (χ1) is 9.88. The molecule has 1 heterocycles. The van der Waals surface area contributed by atoms with Crippen LogP contribution in [0.25, 0.3) is 0 Å². The maximum Gasteiger partial charge on any atom is 0.229 e. The molecule has 0 bridgehead atoms. The largest absolute Gasteiger partial charge is 0.349 e. The zero-order valence-electron chi connectivity index (χ0n) is 11.4. The first-order valence-corrected chi connectivity index (χ1v) is 6.61. The Balaban J connectivity index is 2.03. The number of nitrogens with zero attached hydrogens (tertiary/aromatic N) is 1. The van der Waals surface area contributed by atoms with Crippen LogP contribution in [0.15, 0.2) is 22.7 Å². The molecule has 1 aromatic heterocycles. The van der Waals surface area contributed by atoms with Gasteiger partial charge in [-0.05, 0) is 43.1 Å². The van der Waals surface area contributed by atoms with E-state index in [1.54, 1.807) is 13.8 Å². The molecule has 2 aromatic rings. The molecule has 1 unspecified atom stereocenters. The number of carbonyl (C=O) groups is 1. The molecule has 0 aliphatic carbocycles. The van der Waals surface area contributed by atoms with Crippen LogP contribution in [-0.2, 0) is 11.2 Å². The van der Waals surface area contributed by atoms with Crippen LogP contribution in [0, 0.1) is 18.6 Å². The molecule has 0 spiro atoms. The number of hydrogen-bond donors (Lipinski definition) is 1. The second kappa shape index (κ2) is 6.22. The van der Waals surface area contributed by atoms with Crippen molar-refractivity contribution in [3.63, 3.8) is 0 Å². The van der Waals surface area contributed by atoms with Gasteiger partial charge in [0.1, 0.15) is 0 Å². The first kappa shape index (κ1) is 15.4. The van der Waals surface area contributed by atoms with Crippen molar-refractivity contribution in [2.45, 2.75) is 26.3 Å². The maximum atomic E-state index is 13.2. The highest BCUT2D eigenvalue weighted by Gasteiger charge is 2.17. The second-order valence-corrected chi connectivity index (χ2v) is 5.00. The van der Waals surface area contributed by atoms with E-state index < -0.39 is 17.7 Å². The molecule has 1 atom stereocenters. The van der Waals surface area contributed by atoms with Crippen LogP contribution in [0.1, 0.15) is 29.8 Å². The number of nitrogens with one attached hydrogen (secondary N) is 1. The monoisotopic (exact) mass is 314 g/mol. The van der Waals surface area contributed by atoms with Gasteiger partial charge in [0.15, 0.2) is 11.6 Å².